The Bertz CT molecular complexity index is 525. The molecule has 0 bridgehead atoms. The van der Waals surface area contributed by atoms with E-state index in [1.54, 1.807) is 0 Å². The van der Waals surface area contributed by atoms with Gasteiger partial charge in [0.2, 0.25) is 0 Å². The van der Waals surface area contributed by atoms with Crippen LogP contribution in [-0.2, 0) is 23.7 Å². The van der Waals surface area contributed by atoms with Crippen molar-refractivity contribution in [3.8, 4) is 0 Å². The first-order chi connectivity index (χ1) is 12.7. The van der Waals surface area contributed by atoms with Gasteiger partial charge in [0.25, 0.3) is 0 Å². The van der Waals surface area contributed by atoms with Gasteiger partial charge in [-0.25, -0.2) is 4.79 Å². The predicted molar refractivity (Wildman–Crippen MR) is 107 cm³/mol. The molecule has 0 aromatic carbocycles. The van der Waals surface area contributed by atoms with Gasteiger partial charge in [-0.05, 0) is 60.3 Å². The first kappa shape index (κ1) is 24.7. The van der Waals surface area contributed by atoms with Crippen LogP contribution in [0.4, 0.5) is 4.79 Å². The third-order valence-corrected chi connectivity index (χ3v) is 4.39. The maximum absolute atomic E-state index is 12.3. The molecule has 0 aliphatic carbocycles. The Morgan fingerprint density at radius 2 is 1.75 bits per heavy atom. The summed E-state index contributed by atoms with van der Waals surface area (Å²) in [5, 5.41) is 2.88. The average molecular weight is 402 g/mol. The van der Waals surface area contributed by atoms with Crippen molar-refractivity contribution >= 4 is 12.1 Å². The van der Waals surface area contributed by atoms with Crippen molar-refractivity contribution in [2.24, 2.45) is 5.92 Å². The number of carbonyl (C=O) groups excluding carboxylic acids is 2. The Morgan fingerprint density at radius 1 is 1.14 bits per heavy atom. The topological polar surface area (TPSA) is 83.1 Å². The molecule has 1 fully saturated rings. The van der Waals surface area contributed by atoms with Crippen molar-refractivity contribution in [1.29, 1.82) is 0 Å². The van der Waals surface area contributed by atoms with Crippen LogP contribution in [0.15, 0.2) is 0 Å². The molecule has 1 amide bonds. The number of amides is 1. The van der Waals surface area contributed by atoms with Gasteiger partial charge in [0.05, 0.1) is 18.2 Å². The highest BCUT2D eigenvalue weighted by molar-refractivity contribution is 5.68. The molecule has 1 heterocycles. The molecule has 1 unspecified atom stereocenters. The number of ether oxygens (including phenoxy) is 4. The standard InChI is InChI=1S/C21H39NO6/c1-13(2)10-11-16(25-15(4)23)12-17-18(14(3)26-21(8,9)27-17)22-19(24)28-20(5,6)7/h13-14,16-18H,10-12H2,1-9H3,(H,22,24)/t14-,16?,17-,18+/m1/s1. The highest BCUT2D eigenvalue weighted by Crippen LogP contribution is 2.31. The van der Waals surface area contributed by atoms with Crippen molar-refractivity contribution in [3.05, 3.63) is 0 Å². The zero-order valence-electron chi connectivity index (χ0n) is 19.0. The van der Waals surface area contributed by atoms with E-state index in [9.17, 15) is 9.59 Å². The lowest BCUT2D eigenvalue weighted by Crippen LogP contribution is -2.61. The zero-order chi connectivity index (χ0) is 21.7. The van der Waals surface area contributed by atoms with Crippen molar-refractivity contribution in [2.45, 2.75) is 117 Å². The second kappa shape index (κ2) is 9.92. The fourth-order valence-corrected chi connectivity index (χ4v) is 3.38. The second-order valence-corrected chi connectivity index (χ2v) is 9.49. The quantitative estimate of drug-likeness (QED) is 0.645. The molecular weight excluding hydrogens is 362 g/mol. The maximum atomic E-state index is 12.3. The predicted octanol–water partition coefficient (Wildman–Crippen LogP) is 4.18. The molecule has 1 aliphatic rings. The largest absolute Gasteiger partial charge is 0.462 e. The number of carbonyl (C=O) groups is 2. The number of rotatable bonds is 7. The van der Waals surface area contributed by atoms with Gasteiger partial charge in [-0.15, -0.1) is 0 Å². The average Bonchev–Trinajstić information content (AvgIpc) is 2.45. The summed E-state index contributed by atoms with van der Waals surface area (Å²) in [6, 6.07) is -0.417. The van der Waals surface area contributed by atoms with E-state index in [0.29, 0.717) is 12.3 Å². The van der Waals surface area contributed by atoms with Crippen molar-refractivity contribution in [1.82, 2.24) is 5.32 Å². The van der Waals surface area contributed by atoms with Gasteiger partial charge < -0.3 is 24.3 Å². The van der Waals surface area contributed by atoms with E-state index in [0.717, 1.165) is 12.8 Å². The van der Waals surface area contributed by atoms with Gasteiger partial charge in [-0.3, -0.25) is 4.79 Å². The van der Waals surface area contributed by atoms with Gasteiger partial charge in [0.15, 0.2) is 5.79 Å². The van der Waals surface area contributed by atoms with E-state index in [2.05, 4.69) is 19.2 Å². The minimum absolute atomic E-state index is 0.283. The number of alkyl carbamates (subject to hydrolysis) is 1. The second-order valence-electron chi connectivity index (χ2n) is 9.49. The minimum Gasteiger partial charge on any atom is -0.462 e. The summed E-state index contributed by atoms with van der Waals surface area (Å²) < 4.78 is 23.0. The molecule has 7 nitrogen and oxygen atoms in total. The first-order valence-corrected chi connectivity index (χ1v) is 10.2. The van der Waals surface area contributed by atoms with Crippen LogP contribution < -0.4 is 5.32 Å². The monoisotopic (exact) mass is 401 g/mol. The molecule has 4 atom stereocenters. The molecule has 1 N–H and O–H groups in total. The lowest BCUT2D eigenvalue weighted by atomic mass is 9.94. The molecule has 0 spiro atoms. The lowest BCUT2D eigenvalue weighted by Gasteiger charge is -2.45. The van der Waals surface area contributed by atoms with Gasteiger partial charge in [0.1, 0.15) is 11.7 Å². The third-order valence-electron chi connectivity index (χ3n) is 4.39. The maximum Gasteiger partial charge on any atom is 0.408 e. The van der Waals surface area contributed by atoms with E-state index in [-0.39, 0.29) is 24.3 Å². The fraction of sp³-hybridized carbons (Fsp3) is 0.905. The summed E-state index contributed by atoms with van der Waals surface area (Å²) in [6.07, 6.45) is 0.689. The van der Waals surface area contributed by atoms with Crippen LogP contribution in [0.5, 0.6) is 0 Å². The molecule has 0 radical (unpaired) electrons. The summed E-state index contributed by atoms with van der Waals surface area (Å²) in [7, 11) is 0. The summed E-state index contributed by atoms with van der Waals surface area (Å²) in [5.74, 6) is -0.612. The molecular formula is C21H39NO6. The van der Waals surface area contributed by atoms with Crippen LogP contribution in [0.2, 0.25) is 0 Å². The van der Waals surface area contributed by atoms with Crippen LogP contribution in [0, 0.1) is 5.92 Å². The molecule has 28 heavy (non-hydrogen) atoms. The molecule has 0 aromatic heterocycles. The Morgan fingerprint density at radius 3 is 2.25 bits per heavy atom. The first-order valence-electron chi connectivity index (χ1n) is 10.2. The highest BCUT2D eigenvalue weighted by Gasteiger charge is 2.43. The Labute approximate surface area is 169 Å². The van der Waals surface area contributed by atoms with E-state index >= 15 is 0 Å². The molecule has 1 saturated heterocycles. The molecule has 7 heteroatoms. The number of esters is 1. The smallest absolute Gasteiger partial charge is 0.408 e. The van der Waals surface area contributed by atoms with E-state index < -0.39 is 23.5 Å². The van der Waals surface area contributed by atoms with Gasteiger partial charge in [-0.2, -0.15) is 0 Å². The fourth-order valence-electron chi connectivity index (χ4n) is 3.38. The molecule has 1 aliphatic heterocycles. The number of hydrogen-bond donors (Lipinski definition) is 1. The normalized spacial score (nSPS) is 25.9. The zero-order valence-corrected chi connectivity index (χ0v) is 19.0. The van der Waals surface area contributed by atoms with E-state index in [1.165, 1.54) is 6.92 Å². The molecule has 1 rings (SSSR count). The van der Waals surface area contributed by atoms with Gasteiger partial charge in [-0.1, -0.05) is 13.8 Å². The van der Waals surface area contributed by atoms with Crippen LogP contribution in [0.1, 0.15) is 81.6 Å². The summed E-state index contributed by atoms with van der Waals surface area (Å²) in [6.45, 7) is 16.7. The lowest BCUT2D eigenvalue weighted by molar-refractivity contribution is -0.308. The van der Waals surface area contributed by atoms with Crippen LogP contribution in [0.25, 0.3) is 0 Å². The number of nitrogens with one attached hydrogen (secondary N) is 1. The van der Waals surface area contributed by atoms with Gasteiger partial charge in [0, 0.05) is 13.3 Å². The minimum atomic E-state index is -0.797. The van der Waals surface area contributed by atoms with Gasteiger partial charge >= 0.3 is 12.1 Å². The van der Waals surface area contributed by atoms with Crippen LogP contribution in [-0.4, -0.2) is 47.8 Å². The summed E-state index contributed by atoms with van der Waals surface area (Å²) >= 11 is 0. The van der Waals surface area contributed by atoms with E-state index in [1.807, 2.05) is 41.5 Å². The summed E-state index contributed by atoms with van der Waals surface area (Å²) in [5.41, 5.74) is -0.601. The third kappa shape index (κ3) is 9.24. The number of hydrogen-bond acceptors (Lipinski definition) is 6. The molecule has 0 saturated carbocycles. The van der Waals surface area contributed by atoms with Crippen molar-refractivity contribution in [2.75, 3.05) is 0 Å². The summed E-state index contributed by atoms with van der Waals surface area (Å²) in [4.78, 5) is 23.9. The Kier molecular flexibility index (Phi) is 8.75. The van der Waals surface area contributed by atoms with Crippen molar-refractivity contribution < 1.29 is 28.5 Å². The molecule has 0 aromatic rings. The molecule has 164 valence electrons. The van der Waals surface area contributed by atoms with Crippen LogP contribution in [0.3, 0.4) is 0 Å². The highest BCUT2D eigenvalue weighted by atomic mass is 16.7. The van der Waals surface area contributed by atoms with Crippen LogP contribution >= 0.6 is 0 Å². The SMILES string of the molecule is CC(=O)OC(CCC(C)C)C[C@H]1OC(C)(C)O[C@H](C)[C@@H]1NC(=O)OC(C)(C)C. The Hall–Kier alpha value is -1.34. The Balaban J connectivity index is 2.94. The van der Waals surface area contributed by atoms with E-state index in [4.69, 9.17) is 18.9 Å². The van der Waals surface area contributed by atoms with Crippen molar-refractivity contribution in [3.63, 3.8) is 0 Å².